The molecule has 2 aromatic rings. The van der Waals surface area contributed by atoms with Crippen LogP contribution in [0.2, 0.25) is 0 Å². The predicted octanol–water partition coefficient (Wildman–Crippen LogP) is 0.375. The molecule has 0 spiro atoms. The number of Topliss-reactive ketones (excluding diaryl/α,β-unsaturated/α-hetero) is 1. The van der Waals surface area contributed by atoms with Gasteiger partial charge < -0.3 is 44.5 Å². The van der Waals surface area contributed by atoms with Gasteiger partial charge in [0.25, 0.3) is 0 Å². The van der Waals surface area contributed by atoms with Crippen molar-refractivity contribution in [1.82, 2.24) is 4.90 Å². The molecule has 2 aliphatic carbocycles. The number of aliphatic hydroxyl groups excluding tert-OH is 2. The Kier molecular flexibility index (Phi) is 7.99. The molecule has 0 saturated carbocycles. The van der Waals surface area contributed by atoms with Crippen LogP contribution in [0.25, 0.3) is 0 Å². The zero-order chi connectivity index (χ0) is 31.5. The van der Waals surface area contributed by atoms with Crippen LogP contribution >= 0.6 is 0 Å². The van der Waals surface area contributed by atoms with E-state index in [0.29, 0.717) is 26.3 Å². The van der Waals surface area contributed by atoms with E-state index in [4.69, 9.17) is 18.9 Å². The first-order valence-corrected chi connectivity index (χ1v) is 14.5. The van der Waals surface area contributed by atoms with Gasteiger partial charge in [0.1, 0.15) is 29.5 Å². The summed E-state index contributed by atoms with van der Waals surface area (Å²) in [5.41, 5.74) is -3.52. The third-order valence-electron chi connectivity index (χ3n) is 9.24. The third-order valence-corrected chi connectivity index (χ3v) is 9.24. The van der Waals surface area contributed by atoms with Crippen LogP contribution in [0.1, 0.15) is 68.8 Å². The van der Waals surface area contributed by atoms with Crippen molar-refractivity contribution in [2.75, 3.05) is 40.0 Å². The van der Waals surface area contributed by atoms with Crippen LogP contribution in [-0.4, -0.2) is 118 Å². The van der Waals surface area contributed by atoms with Gasteiger partial charge in [-0.2, -0.15) is 0 Å². The maximum atomic E-state index is 13.8. The van der Waals surface area contributed by atoms with Gasteiger partial charge in [-0.3, -0.25) is 19.3 Å². The van der Waals surface area contributed by atoms with Gasteiger partial charge in [0.2, 0.25) is 5.78 Å². The molecule has 0 amide bonds. The van der Waals surface area contributed by atoms with E-state index in [1.807, 2.05) is 0 Å². The Morgan fingerprint density at radius 2 is 1.80 bits per heavy atom. The summed E-state index contributed by atoms with van der Waals surface area (Å²) in [6.07, 6.45) is -4.66. The van der Waals surface area contributed by atoms with Gasteiger partial charge in [-0.05, 0) is 13.0 Å². The smallest absolute Gasteiger partial charge is 0.202 e. The molecular weight excluding hydrogens is 578 g/mol. The van der Waals surface area contributed by atoms with Crippen molar-refractivity contribution in [3.8, 4) is 17.2 Å². The third kappa shape index (κ3) is 4.79. The molecule has 44 heavy (non-hydrogen) atoms. The van der Waals surface area contributed by atoms with Crippen LogP contribution in [0.5, 0.6) is 17.2 Å². The van der Waals surface area contributed by atoms with Gasteiger partial charge >= 0.3 is 0 Å². The summed E-state index contributed by atoms with van der Waals surface area (Å²) < 4.78 is 23.0. The number of hydrogen-bond donors (Lipinski definition) is 5. The highest BCUT2D eigenvalue weighted by Crippen LogP contribution is 2.52. The van der Waals surface area contributed by atoms with Crippen LogP contribution in [0, 0.1) is 0 Å². The van der Waals surface area contributed by atoms with Crippen LogP contribution in [-0.2, 0) is 25.4 Å². The van der Waals surface area contributed by atoms with E-state index >= 15 is 0 Å². The van der Waals surface area contributed by atoms with Crippen molar-refractivity contribution >= 4 is 17.3 Å². The lowest BCUT2D eigenvalue weighted by atomic mass is 9.72. The Hall–Kier alpha value is -3.43. The van der Waals surface area contributed by atoms with Gasteiger partial charge in [0.05, 0.1) is 55.3 Å². The topological polar surface area (TPSA) is 193 Å². The SMILES string of the molecule is COc1cccc2c1C(=O)c1c(O)c3c(c(O)c1C2=O)C[C@@](O)(C(=O)CO)C[C@H]3O[C@H]1C[C@@H](N2CCOCC2)[C@@H](O)[C@H](C)O1. The van der Waals surface area contributed by atoms with E-state index in [2.05, 4.69) is 4.90 Å². The van der Waals surface area contributed by atoms with Crippen molar-refractivity contribution in [2.24, 2.45) is 0 Å². The summed E-state index contributed by atoms with van der Waals surface area (Å²) in [6, 6.07) is 4.04. The molecule has 0 bridgehead atoms. The van der Waals surface area contributed by atoms with E-state index < -0.39 is 89.6 Å². The lowest BCUT2D eigenvalue weighted by Gasteiger charge is -2.46. The van der Waals surface area contributed by atoms with Crippen LogP contribution in [0.4, 0.5) is 0 Å². The number of carbonyl (C=O) groups is 3. The quantitative estimate of drug-likeness (QED) is 0.240. The van der Waals surface area contributed by atoms with Gasteiger partial charge in [0, 0.05) is 55.1 Å². The predicted molar refractivity (Wildman–Crippen MR) is 150 cm³/mol. The fourth-order valence-electron chi connectivity index (χ4n) is 6.96. The molecule has 6 rings (SSSR count). The number of rotatable bonds is 6. The Morgan fingerprint density at radius 1 is 1.09 bits per heavy atom. The molecule has 13 heteroatoms. The standard InChI is InChI=1S/C31H35NO12/c1-14-26(35)17(32-6-8-42-9-7-32)10-21(43-14)44-19-12-31(40,20(34)13-33)11-16-23(19)30(39)25-24(28(16)37)27(36)15-4-3-5-18(41-2)22(15)29(25)38/h3-5,14,17,19,21,26,33,35,37,39-40H,6-13H2,1-2H3/t14-,17+,19+,21-,26-,31-/m0/s1. The first-order valence-electron chi connectivity index (χ1n) is 14.5. The fourth-order valence-corrected chi connectivity index (χ4v) is 6.96. The number of aliphatic hydroxyl groups is 3. The molecule has 2 fully saturated rings. The zero-order valence-corrected chi connectivity index (χ0v) is 24.3. The number of nitrogens with zero attached hydrogens (tertiary/aromatic N) is 1. The highest BCUT2D eigenvalue weighted by molar-refractivity contribution is 6.31. The van der Waals surface area contributed by atoms with E-state index in [-0.39, 0.29) is 40.5 Å². The summed E-state index contributed by atoms with van der Waals surface area (Å²) in [4.78, 5) is 42.3. The van der Waals surface area contributed by atoms with Crippen LogP contribution < -0.4 is 4.74 Å². The number of ketones is 3. The molecular formula is C31H35NO12. The van der Waals surface area contributed by atoms with Crippen molar-refractivity contribution in [2.45, 2.75) is 62.4 Å². The number of ether oxygens (including phenoxy) is 4. The molecule has 2 aromatic carbocycles. The van der Waals surface area contributed by atoms with Crippen molar-refractivity contribution < 1.29 is 58.9 Å². The number of benzene rings is 2. The van der Waals surface area contributed by atoms with Crippen molar-refractivity contribution in [3.05, 3.63) is 51.6 Å². The molecule has 2 saturated heterocycles. The molecule has 236 valence electrons. The minimum atomic E-state index is -2.24. The number of hydrogen-bond acceptors (Lipinski definition) is 13. The second-order valence-corrected chi connectivity index (χ2v) is 11.7. The molecule has 0 radical (unpaired) electrons. The second kappa shape index (κ2) is 11.5. The molecule has 4 aliphatic rings. The minimum Gasteiger partial charge on any atom is -0.507 e. The van der Waals surface area contributed by atoms with E-state index in [1.54, 1.807) is 6.92 Å². The summed E-state index contributed by atoms with van der Waals surface area (Å²) in [6.45, 7) is 2.83. The molecule has 5 N–H and O–H groups in total. The number of morpholine rings is 1. The average Bonchev–Trinajstić information content (AvgIpc) is 3.02. The van der Waals surface area contributed by atoms with Gasteiger partial charge in [-0.1, -0.05) is 12.1 Å². The van der Waals surface area contributed by atoms with Crippen LogP contribution in [0.3, 0.4) is 0 Å². The number of phenolic OH excluding ortho intramolecular Hbond substituents is 2. The van der Waals surface area contributed by atoms with Gasteiger partial charge in [-0.25, -0.2) is 0 Å². The Morgan fingerprint density at radius 3 is 2.48 bits per heavy atom. The largest absolute Gasteiger partial charge is 0.507 e. The van der Waals surface area contributed by atoms with Gasteiger partial charge in [0.15, 0.2) is 17.9 Å². The Balaban J connectivity index is 1.45. The molecule has 13 nitrogen and oxygen atoms in total. The van der Waals surface area contributed by atoms with Gasteiger partial charge in [-0.15, -0.1) is 0 Å². The number of fused-ring (bicyclic) bond motifs is 3. The Bertz CT molecular complexity index is 1520. The van der Waals surface area contributed by atoms with Crippen molar-refractivity contribution in [1.29, 1.82) is 0 Å². The minimum absolute atomic E-state index is 0.0425. The number of carbonyl (C=O) groups excluding carboxylic acids is 3. The molecule has 0 aromatic heterocycles. The molecule has 2 heterocycles. The summed E-state index contributed by atoms with van der Waals surface area (Å²) in [5.74, 6) is -3.68. The summed E-state index contributed by atoms with van der Waals surface area (Å²) >= 11 is 0. The maximum Gasteiger partial charge on any atom is 0.202 e. The number of aromatic hydroxyl groups is 2. The van der Waals surface area contributed by atoms with E-state index in [9.17, 15) is 39.9 Å². The maximum absolute atomic E-state index is 13.8. The normalized spacial score (nSPS) is 30.3. The first kappa shape index (κ1) is 30.6. The van der Waals surface area contributed by atoms with E-state index in [0.717, 1.165) is 0 Å². The molecule has 6 atom stereocenters. The fraction of sp³-hybridized carbons (Fsp3) is 0.516. The Labute approximate surface area is 252 Å². The highest BCUT2D eigenvalue weighted by atomic mass is 16.7. The van der Waals surface area contributed by atoms with Crippen molar-refractivity contribution in [3.63, 3.8) is 0 Å². The van der Waals surface area contributed by atoms with E-state index in [1.165, 1.54) is 25.3 Å². The highest BCUT2D eigenvalue weighted by Gasteiger charge is 2.50. The number of methoxy groups -OCH3 is 1. The monoisotopic (exact) mass is 613 g/mol. The lowest BCUT2D eigenvalue weighted by Crippen LogP contribution is -2.58. The average molecular weight is 614 g/mol. The zero-order valence-electron chi connectivity index (χ0n) is 24.3. The molecule has 2 aliphatic heterocycles. The summed E-state index contributed by atoms with van der Waals surface area (Å²) in [5, 5.41) is 55.2. The number of phenols is 2. The second-order valence-electron chi connectivity index (χ2n) is 11.7. The van der Waals surface area contributed by atoms with Crippen LogP contribution in [0.15, 0.2) is 18.2 Å². The summed E-state index contributed by atoms with van der Waals surface area (Å²) in [7, 11) is 1.34. The molecule has 0 unspecified atom stereocenters. The lowest BCUT2D eigenvalue weighted by molar-refractivity contribution is -0.260. The first-order chi connectivity index (χ1) is 21.0.